The van der Waals surface area contributed by atoms with E-state index in [1.54, 1.807) is 6.92 Å². The first-order valence-corrected chi connectivity index (χ1v) is 10.3. The molecule has 5 rings (SSSR count). The molecule has 1 fully saturated rings. The maximum atomic E-state index is 11.9. The maximum Gasteiger partial charge on any atom is 0.221 e. The summed E-state index contributed by atoms with van der Waals surface area (Å²) in [7, 11) is 0. The number of hydrogen-bond acceptors (Lipinski definition) is 2. The number of fused-ring (bicyclic) bond motifs is 1. The number of nitrogens with two attached hydrogens (primary N) is 1. The summed E-state index contributed by atoms with van der Waals surface area (Å²) in [6.07, 6.45) is 0.962. The van der Waals surface area contributed by atoms with Crippen molar-refractivity contribution in [2.24, 2.45) is 5.73 Å². The zero-order valence-electron chi connectivity index (χ0n) is 16.9. The van der Waals surface area contributed by atoms with Crippen molar-refractivity contribution in [1.82, 2.24) is 0 Å². The third-order valence-electron chi connectivity index (χ3n) is 6.17. The molecule has 0 aromatic heterocycles. The Morgan fingerprint density at radius 2 is 1.60 bits per heavy atom. The van der Waals surface area contributed by atoms with Crippen LogP contribution in [-0.2, 0) is 10.3 Å². The van der Waals surface area contributed by atoms with Gasteiger partial charge in [-0.05, 0) is 28.5 Å². The summed E-state index contributed by atoms with van der Waals surface area (Å²) in [4.78, 5) is 11.9. The van der Waals surface area contributed by atoms with Crippen LogP contribution in [0.2, 0.25) is 0 Å². The van der Waals surface area contributed by atoms with Crippen molar-refractivity contribution < 1.29 is 4.79 Å². The van der Waals surface area contributed by atoms with Gasteiger partial charge in [0.25, 0.3) is 0 Å². The minimum absolute atomic E-state index is 0.0713. The quantitative estimate of drug-likeness (QED) is 0.461. The topological polar surface area (TPSA) is 55.1 Å². The smallest absolute Gasteiger partial charge is 0.221 e. The van der Waals surface area contributed by atoms with Crippen molar-refractivity contribution in [1.29, 1.82) is 0 Å². The molecular formula is C27H24N2O. The highest BCUT2D eigenvalue weighted by molar-refractivity contribution is 6.07. The van der Waals surface area contributed by atoms with Gasteiger partial charge in [-0.1, -0.05) is 91.0 Å². The summed E-state index contributed by atoms with van der Waals surface area (Å²) in [6, 6.07) is 31.3. The molecule has 0 saturated heterocycles. The van der Waals surface area contributed by atoms with Crippen LogP contribution in [-0.4, -0.2) is 5.91 Å². The highest BCUT2D eigenvalue weighted by Crippen LogP contribution is 2.56. The molecule has 0 radical (unpaired) electrons. The Balaban J connectivity index is 1.49. The molecule has 0 bridgehead atoms. The number of benzene rings is 4. The standard InChI is InChI=1S/C27H24N2O/c1-18(30)29-26-23-10-6-5-7-19(23)15-16-24(26)20-11-13-21(14-12-20)25-17-27(25,28)22-8-3-2-4-9-22/h2-16,25H,17,28H2,1H3,(H,29,30). The van der Waals surface area contributed by atoms with Gasteiger partial charge in [-0.2, -0.15) is 0 Å². The van der Waals surface area contributed by atoms with E-state index >= 15 is 0 Å². The number of carbonyl (C=O) groups is 1. The van der Waals surface area contributed by atoms with Crippen LogP contribution in [0.25, 0.3) is 21.9 Å². The first kappa shape index (κ1) is 18.6. The zero-order chi connectivity index (χ0) is 20.7. The van der Waals surface area contributed by atoms with Crippen LogP contribution in [0.3, 0.4) is 0 Å². The van der Waals surface area contributed by atoms with Gasteiger partial charge >= 0.3 is 0 Å². The summed E-state index contributed by atoms with van der Waals surface area (Å²) < 4.78 is 0. The SMILES string of the molecule is CC(=O)Nc1c(-c2ccc(C3CC3(N)c3ccccc3)cc2)ccc2ccccc12. The fourth-order valence-corrected chi connectivity index (χ4v) is 4.48. The van der Waals surface area contributed by atoms with E-state index in [4.69, 9.17) is 5.73 Å². The molecule has 1 saturated carbocycles. The predicted octanol–water partition coefficient (Wildman–Crippen LogP) is 5.81. The molecule has 2 unspecified atom stereocenters. The van der Waals surface area contributed by atoms with Gasteiger partial charge in [0.2, 0.25) is 5.91 Å². The molecule has 3 N–H and O–H groups in total. The van der Waals surface area contributed by atoms with E-state index in [1.165, 1.54) is 11.1 Å². The van der Waals surface area contributed by atoms with E-state index in [0.29, 0.717) is 5.92 Å². The van der Waals surface area contributed by atoms with Gasteiger partial charge in [0.1, 0.15) is 0 Å². The first-order valence-electron chi connectivity index (χ1n) is 10.3. The van der Waals surface area contributed by atoms with Crippen LogP contribution >= 0.6 is 0 Å². The second-order valence-corrected chi connectivity index (χ2v) is 8.18. The van der Waals surface area contributed by atoms with Gasteiger partial charge in [-0.3, -0.25) is 4.79 Å². The Labute approximate surface area is 176 Å². The van der Waals surface area contributed by atoms with Crippen molar-refractivity contribution in [3.63, 3.8) is 0 Å². The first-order chi connectivity index (χ1) is 14.6. The van der Waals surface area contributed by atoms with Crippen molar-refractivity contribution >= 4 is 22.4 Å². The van der Waals surface area contributed by atoms with Crippen molar-refractivity contribution in [3.05, 3.63) is 102 Å². The van der Waals surface area contributed by atoms with Crippen LogP contribution in [0.1, 0.15) is 30.4 Å². The molecule has 3 heteroatoms. The predicted molar refractivity (Wildman–Crippen MR) is 123 cm³/mol. The van der Waals surface area contributed by atoms with E-state index < -0.39 is 0 Å². The fourth-order valence-electron chi connectivity index (χ4n) is 4.48. The largest absolute Gasteiger partial charge is 0.325 e. The van der Waals surface area contributed by atoms with Crippen LogP contribution < -0.4 is 11.1 Å². The lowest BCUT2D eigenvalue weighted by molar-refractivity contribution is -0.114. The van der Waals surface area contributed by atoms with E-state index in [0.717, 1.165) is 34.0 Å². The van der Waals surface area contributed by atoms with Gasteiger partial charge in [0.15, 0.2) is 0 Å². The van der Waals surface area contributed by atoms with Crippen LogP contribution in [0.15, 0.2) is 91.0 Å². The summed E-state index contributed by atoms with van der Waals surface area (Å²) in [5.74, 6) is 0.262. The number of rotatable bonds is 4. The van der Waals surface area contributed by atoms with Crippen LogP contribution in [0.4, 0.5) is 5.69 Å². The lowest BCUT2D eigenvalue weighted by Gasteiger charge is -2.15. The molecule has 30 heavy (non-hydrogen) atoms. The molecule has 2 atom stereocenters. The van der Waals surface area contributed by atoms with Gasteiger partial charge in [0.05, 0.1) is 5.69 Å². The molecular weight excluding hydrogens is 368 g/mol. The maximum absolute atomic E-state index is 11.9. The van der Waals surface area contributed by atoms with Crippen LogP contribution in [0, 0.1) is 0 Å². The second kappa shape index (κ2) is 7.12. The van der Waals surface area contributed by atoms with E-state index in [-0.39, 0.29) is 11.4 Å². The molecule has 0 spiro atoms. The molecule has 3 nitrogen and oxygen atoms in total. The zero-order valence-corrected chi connectivity index (χ0v) is 16.9. The molecule has 4 aromatic rings. The second-order valence-electron chi connectivity index (χ2n) is 8.18. The minimum atomic E-state index is -0.271. The third kappa shape index (κ3) is 3.17. The van der Waals surface area contributed by atoms with Crippen LogP contribution in [0.5, 0.6) is 0 Å². The third-order valence-corrected chi connectivity index (χ3v) is 6.17. The van der Waals surface area contributed by atoms with Gasteiger partial charge < -0.3 is 11.1 Å². The van der Waals surface area contributed by atoms with Gasteiger partial charge in [0, 0.05) is 29.3 Å². The summed E-state index contributed by atoms with van der Waals surface area (Å²) in [5.41, 5.74) is 11.8. The van der Waals surface area contributed by atoms with E-state index in [9.17, 15) is 4.79 Å². The number of nitrogens with one attached hydrogen (secondary N) is 1. The van der Waals surface area contributed by atoms with Crippen molar-refractivity contribution in [2.75, 3.05) is 5.32 Å². The molecule has 148 valence electrons. The lowest BCUT2D eigenvalue weighted by Crippen LogP contribution is -2.21. The highest BCUT2D eigenvalue weighted by atomic mass is 16.1. The molecule has 1 amide bonds. The molecule has 0 heterocycles. The Kier molecular flexibility index (Phi) is 4.41. The number of hydrogen-bond donors (Lipinski definition) is 2. The number of carbonyl (C=O) groups excluding carboxylic acids is 1. The molecule has 4 aromatic carbocycles. The Bertz CT molecular complexity index is 1230. The van der Waals surface area contributed by atoms with Crippen molar-refractivity contribution in [3.8, 4) is 11.1 Å². The summed E-state index contributed by atoms with van der Waals surface area (Å²) >= 11 is 0. The highest BCUT2D eigenvalue weighted by Gasteiger charge is 2.52. The normalized spacial score (nSPS) is 20.1. The van der Waals surface area contributed by atoms with Crippen molar-refractivity contribution in [2.45, 2.75) is 24.8 Å². The summed E-state index contributed by atoms with van der Waals surface area (Å²) in [6.45, 7) is 1.55. The monoisotopic (exact) mass is 392 g/mol. The van der Waals surface area contributed by atoms with Gasteiger partial charge in [-0.25, -0.2) is 0 Å². The Hall–Kier alpha value is -3.43. The van der Waals surface area contributed by atoms with E-state index in [1.807, 2.05) is 36.4 Å². The number of amides is 1. The fraction of sp³-hybridized carbons (Fsp3) is 0.148. The average Bonchev–Trinajstić information content (AvgIpc) is 3.47. The Morgan fingerprint density at radius 3 is 2.33 bits per heavy atom. The molecule has 1 aliphatic carbocycles. The Morgan fingerprint density at radius 1 is 0.900 bits per heavy atom. The minimum Gasteiger partial charge on any atom is -0.325 e. The van der Waals surface area contributed by atoms with E-state index in [2.05, 4.69) is 59.9 Å². The van der Waals surface area contributed by atoms with Gasteiger partial charge in [-0.15, -0.1) is 0 Å². The molecule has 1 aliphatic rings. The molecule has 0 aliphatic heterocycles. The lowest BCUT2D eigenvalue weighted by atomic mass is 9.95. The number of anilines is 1. The average molecular weight is 393 g/mol. The summed E-state index contributed by atoms with van der Waals surface area (Å²) in [5, 5.41) is 5.19.